The van der Waals surface area contributed by atoms with Crippen LogP contribution >= 0.6 is 11.6 Å². The van der Waals surface area contributed by atoms with Gasteiger partial charge >= 0.3 is 0 Å². The van der Waals surface area contributed by atoms with E-state index in [-0.39, 0.29) is 16.1 Å². The Bertz CT molecular complexity index is 643. The summed E-state index contributed by atoms with van der Waals surface area (Å²) in [5, 5.41) is 0.231. The number of carbonyl (C=O) groups excluding carboxylic acids is 1. The second kappa shape index (κ2) is 5.28. The largest absolute Gasteiger partial charge is 0.497 e. The summed E-state index contributed by atoms with van der Waals surface area (Å²) in [6.07, 6.45) is 0. The van der Waals surface area contributed by atoms with Crippen LogP contribution in [-0.2, 0) is 0 Å². The molecule has 0 aliphatic carbocycles. The Morgan fingerprint density at radius 1 is 1.21 bits per heavy atom. The Kier molecular flexibility index (Phi) is 3.71. The summed E-state index contributed by atoms with van der Waals surface area (Å²) in [6.45, 7) is 0. The topological polar surface area (TPSA) is 52.3 Å². The van der Waals surface area contributed by atoms with E-state index in [0.717, 1.165) is 6.07 Å². The Balaban J connectivity index is 2.47. The van der Waals surface area contributed by atoms with Crippen molar-refractivity contribution in [3.63, 3.8) is 0 Å². The molecule has 2 aromatic carbocycles. The molecule has 0 fully saturated rings. The summed E-state index contributed by atoms with van der Waals surface area (Å²) in [7, 11) is 1.42. The molecule has 3 nitrogen and oxygen atoms in total. The molecule has 19 heavy (non-hydrogen) atoms. The molecule has 2 N–H and O–H groups in total. The molecule has 2 rings (SSSR count). The molecular formula is C14H11ClFNO2. The number of hydrogen-bond donors (Lipinski definition) is 1. The lowest BCUT2D eigenvalue weighted by Crippen LogP contribution is -2.06. The predicted molar refractivity (Wildman–Crippen MR) is 72.2 cm³/mol. The van der Waals surface area contributed by atoms with Crippen LogP contribution in [0.2, 0.25) is 5.02 Å². The van der Waals surface area contributed by atoms with Crippen LogP contribution in [0.1, 0.15) is 15.9 Å². The van der Waals surface area contributed by atoms with Gasteiger partial charge in [0.2, 0.25) is 0 Å². The lowest BCUT2D eigenvalue weighted by molar-refractivity contribution is 0.103. The summed E-state index contributed by atoms with van der Waals surface area (Å²) in [6, 6.07) is 8.52. The van der Waals surface area contributed by atoms with E-state index in [1.807, 2.05) is 0 Å². The maximum absolute atomic E-state index is 13.8. The van der Waals surface area contributed by atoms with Crippen molar-refractivity contribution in [3.05, 3.63) is 58.4 Å². The number of ketones is 1. The first-order chi connectivity index (χ1) is 9.02. The molecule has 0 amide bonds. The molecule has 0 saturated heterocycles. The highest BCUT2D eigenvalue weighted by Crippen LogP contribution is 2.24. The molecule has 0 saturated carbocycles. The number of anilines is 1. The molecule has 0 aliphatic rings. The van der Waals surface area contributed by atoms with Gasteiger partial charge in [-0.25, -0.2) is 4.39 Å². The van der Waals surface area contributed by atoms with Crippen LogP contribution in [0.3, 0.4) is 0 Å². The van der Waals surface area contributed by atoms with Crippen LogP contribution in [0.15, 0.2) is 36.4 Å². The third-order valence-electron chi connectivity index (χ3n) is 2.66. The van der Waals surface area contributed by atoms with E-state index >= 15 is 0 Å². The van der Waals surface area contributed by atoms with Gasteiger partial charge in [0.1, 0.15) is 11.6 Å². The van der Waals surface area contributed by atoms with E-state index in [1.54, 1.807) is 6.07 Å². The summed E-state index contributed by atoms with van der Waals surface area (Å²) in [4.78, 5) is 12.2. The van der Waals surface area contributed by atoms with Gasteiger partial charge in [0, 0.05) is 17.3 Å². The molecule has 0 radical (unpaired) electrons. The maximum Gasteiger partial charge on any atom is 0.197 e. The van der Waals surface area contributed by atoms with Crippen molar-refractivity contribution in [2.75, 3.05) is 12.8 Å². The van der Waals surface area contributed by atoms with Crippen LogP contribution in [0.25, 0.3) is 0 Å². The Hall–Kier alpha value is -2.07. The number of ether oxygens (including phenoxy) is 1. The van der Waals surface area contributed by atoms with E-state index in [4.69, 9.17) is 22.1 Å². The van der Waals surface area contributed by atoms with Crippen LogP contribution in [0.5, 0.6) is 5.75 Å². The zero-order chi connectivity index (χ0) is 14.0. The average molecular weight is 280 g/mol. The first-order valence-corrected chi connectivity index (χ1v) is 5.84. The van der Waals surface area contributed by atoms with Crippen molar-refractivity contribution in [1.29, 1.82) is 0 Å². The third-order valence-corrected chi connectivity index (χ3v) is 2.99. The second-order valence-corrected chi connectivity index (χ2v) is 4.32. The monoisotopic (exact) mass is 279 g/mol. The number of halogens is 2. The second-order valence-electron chi connectivity index (χ2n) is 3.91. The molecular weight excluding hydrogens is 269 g/mol. The molecule has 5 heteroatoms. The van der Waals surface area contributed by atoms with Gasteiger partial charge in [-0.3, -0.25) is 4.79 Å². The first-order valence-electron chi connectivity index (χ1n) is 5.46. The lowest BCUT2D eigenvalue weighted by atomic mass is 10.0. The molecule has 0 aliphatic heterocycles. The third kappa shape index (κ3) is 2.69. The first kappa shape index (κ1) is 13.4. The van der Waals surface area contributed by atoms with Crippen molar-refractivity contribution < 1.29 is 13.9 Å². The normalized spacial score (nSPS) is 10.3. The highest BCUT2D eigenvalue weighted by molar-refractivity contribution is 6.35. The summed E-state index contributed by atoms with van der Waals surface area (Å²) < 4.78 is 18.7. The van der Waals surface area contributed by atoms with Gasteiger partial charge in [0.25, 0.3) is 0 Å². The number of rotatable bonds is 3. The quantitative estimate of drug-likeness (QED) is 0.693. The number of methoxy groups -OCH3 is 1. The van der Waals surface area contributed by atoms with Gasteiger partial charge in [-0.2, -0.15) is 0 Å². The molecule has 0 spiro atoms. The molecule has 0 aromatic heterocycles. The number of benzene rings is 2. The molecule has 98 valence electrons. The van der Waals surface area contributed by atoms with Crippen molar-refractivity contribution in [3.8, 4) is 5.75 Å². The maximum atomic E-state index is 13.8. The molecule has 0 heterocycles. The average Bonchev–Trinajstić information content (AvgIpc) is 2.40. The van der Waals surface area contributed by atoms with Crippen molar-refractivity contribution in [1.82, 2.24) is 0 Å². The predicted octanol–water partition coefficient (Wildman–Crippen LogP) is 3.30. The molecule has 0 unspecified atom stereocenters. The standard InChI is InChI=1S/C14H11ClFNO2/c1-19-9-3-4-10(13(16)7-9)14(18)11-6-8(17)2-5-12(11)15/h2-7H,17H2,1H3. The number of hydrogen-bond acceptors (Lipinski definition) is 3. The van der Waals surface area contributed by atoms with Crippen molar-refractivity contribution in [2.24, 2.45) is 0 Å². The number of nitrogens with two attached hydrogens (primary N) is 1. The highest BCUT2D eigenvalue weighted by atomic mass is 35.5. The zero-order valence-corrected chi connectivity index (χ0v) is 10.9. The minimum Gasteiger partial charge on any atom is -0.497 e. The minimum atomic E-state index is -0.664. The van der Waals surface area contributed by atoms with Crippen LogP contribution < -0.4 is 10.5 Å². The smallest absolute Gasteiger partial charge is 0.197 e. The Labute approximate surface area is 114 Å². The van der Waals surface area contributed by atoms with E-state index in [9.17, 15) is 9.18 Å². The minimum absolute atomic E-state index is 0.0756. The lowest BCUT2D eigenvalue weighted by Gasteiger charge is -2.07. The van der Waals surface area contributed by atoms with Crippen molar-refractivity contribution in [2.45, 2.75) is 0 Å². The van der Waals surface area contributed by atoms with Gasteiger partial charge in [0.15, 0.2) is 5.78 Å². The van der Waals surface area contributed by atoms with Crippen LogP contribution in [0, 0.1) is 5.82 Å². The van der Waals surface area contributed by atoms with Crippen LogP contribution in [0.4, 0.5) is 10.1 Å². The summed E-state index contributed by atoms with van der Waals surface area (Å²) >= 11 is 5.93. The van der Waals surface area contributed by atoms with Gasteiger partial charge in [-0.1, -0.05) is 11.6 Å². The fraction of sp³-hybridized carbons (Fsp3) is 0.0714. The van der Waals surface area contributed by atoms with Gasteiger partial charge in [0.05, 0.1) is 17.7 Å². The van der Waals surface area contributed by atoms with Crippen LogP contribution in [-0.4, -0.2) is 12.9 Å². The fourth-order valence-electron chi connectivity index (χ4n) is 1.67. The SMILES string of the molecule is COc1ccc(C(=O)c2cc(N)ccc2Cl)c(F)c1. The van der Waals surface area contributed by atoms with Gasteiger partial charge < -0.3 is 10.5 Å². The zero-order valence-electron chi connectivity index (χ0n) is 10.1. The number of carbonyl (C=O) groups is 1. The highest BCUT2D eigenvalue weighted by Gasteiger charge is 2.17. The van der Waals surface area contributed by atoms with E-state index < -0.39 is 11.6 Å². The van der Waals surface area contributed by atoms with E-state index in [2.05, 4.69) is 0 Å². The van der Waals surface area contributed by atoms with E-state index in [0.29, 0.717) is 11.4 Å². The Morgan fingerprint density at radius 2 is 1.95 bits per heavy atom. The fourth-order valence-corrected chi connectivity index (χ4v) is 1.87. The van der Waals surface area contributed by atoms with Gasteiger partial charge in [-0.05, 0) is 30.3 Å². The molecule has 2 aromatic rings. The Morgan fingerprint density at radius 3 is 2.58 bits per heavy atom. The summed E-state index contributed by atoms with van der Waals surface area (Å²) in [5.41, 5.74) is 6.09. The molecule has 0 atom stereocenters. The van der Waals surface area contributed by atoms with Gasteiger partial charge in [-0.15, -0.1) is 0 Å². The van der Waals surface area contributed by atoms with E-state index in [1.165, 1.54) is 31.4 Å². The molecule has 0 bridgehead atoms. The number of nitrogen functional groups attached to an aromatic ring is 1. The van der Waals surface area contributed by atoms with Crippen molar-refractivity contribution >= 4 is 23.1 Å². The summed E-state index contributed by atoms with van der Waals surface area (Å²) in [5.74, 6) is -0.840.